The first kappa shape index (κ1) is 16.6. The summed E-state index contributed by atoms with van der Waals surface area (Å²) in [4.78, 5) is 14.0. The van der Waals surface area contributed by atoms with E-state index in [-0.39, 0.29) is 12.1 Å². The van der Waals surface area contributed by atoms with Gasteiger partial charge in [-0.15, -0.1) is 0 Å². The summed E-state index contributed by atoms with van der Waals surface area (Å²) in [6.45, 7) is 2.68. The number of nitrogens with one attached hydrogen (secondary N) is 1. The van der Waals surface area contributed by atoms with Gasteiger partial charge in [-0.25, -0.2) is 4.79 Å². The zero-order chi connectivity index (χ0) is 16.8. The first-order chi connectivity index (χ1) is 11.7. The van der Waals surface area contributed by atoms with Crippen LogP contribution in [0.5, 0.6) is 5.75 Å². The van der Waals surface area contributed by atoms with E-state index in [0.717, 1.165) is 31.7 Å². The van der Waals surface area contributed by atoms with Crippen LogP contribution in [-0.4, -0.2) is 46.4 Å². The fraction of sp³-hybridized carbons (Fsp3) is 0.412. The van der Waals surface area contributed by atoms with E-state index in [4.69, 9.17) is 16.3 Å². The van der Waals surface area contributed by atoms with Crippen LogP contribution in [0.4, 0.5) is 4.79 Å². The highest BCUT2D eigenvalue weighted by molar-refractivity contribution is 6.30. The van der Waals surface area contributed by atoms with E-state index in [9.17, 15) is 4.79 Å². The monoisotopic (exact) mass is 348 g/mol. The minimum atomic E-state index is -0.0346. The zero-order valence-corrected chi connectivity index (χ0v) is 14.2. The number of nitrogens with zero attached hydrogens (tertiary/aromatic N) is 3. The smallest absolute Gasteiger partial charge is 0.317 e. The lowest BCUT2D eigenvalue weighted by atomic mass is 10.3. The van der Waals surface area contributed by atoms with Crippen LogP contribution in [-0.2, 0) is 6.54 Å². The largest absolute Gasteiger partial charge is 0.489 e. The third-order valence-electron chi connectivity index (χ3n) is 3.92. The third-order valence-corrected chi connectivity index (χ3v) is 4.12. The second-order valence-electron chi connectivity index (χ2n) is 5.79. The van der Waals surface area contributed by atoms with E-state index in [1.807, 2.05) is 30.3 Å². The third kappa shape index (κ3) is 4.64. The molecule has 7 heteroatoms. The van der Waals surface area contributed by atoms with Crippen LogP contribution in [0.1, 0.15) is 12.8 Å². The molecule has 0 aliphatic carbocycles. The molecule has 2 heterocycles. The Morgan fingerprint density at radius 3 is 2.96 bits per heavy atom. The predicted molar refractivity (Wildman–Crippen MR) is 92.3 cm³/mol. The maximum Gasteiger partial charge on any atom is 0.317 e. The average molecular weight is 349 g/mol. The molecule has 0 radical (unpaired) electrons. The maximum absolute atomic E-state index is 12.2. The van der Waals surface area contributed by atoms with Crippen molar-refractivity contribution in [2.45, 2.75) is 25.5 Å². The lowest BCUT2D eigenvalue weighted by molar-refractivity contribution is 0.187. The van der Waals surface area contributed by atoms with Crippen molar-refractivity contribution in [2.24, 2.45) is 0 Å². The molecule has 0 bridgehead atoms. The number of carbonyl (C=O) groups excluding carboxylic acids is 1. The number of urea groups is 1. The second kappa shape index (κ2) is 8.06. The van der Waals surface area contributed by atoms with Gasteiger partial charge in [0.2, 0.25) is 0 Å². The Labute approximate surface area is 146 Å². The Bertz CT molecular complexity index is 662. The number of halogens is 1. The summed E-state index contributed by atoms with van der Waals surface area (Å²) in [7, 11) is 0. The molecule has 1 aromatic carbocycles. The fourth-order valence-electron chi connectivity index (χ4n) is 2.71. The minimum Gasteiger partial charge on any atom is -0.489 e. The van der Waals surface area contributed by atoms with Gasteiger partial charge in [-0.3, -0.25) is 4.68 Å². The van der Waals surface area contributed by atoms with Gasteiger partial charge in [-0.1, -0.05) is 29.8 Å². The number of carbonyl (C=O) groups is 1. The van der Waals surface area contributed by atoms with Crippen molar-refractivity contribution in [2.75, 3.05) is 19.6 Å². The number of aromatic nitrogens is 2. The summed E-state index contributed by atoms with van der Waals surface area (Å²) >= 11 is 5.81. The van der Waals surface area contributed by atoms with E-state index in [1.165, 1.54) is 0 Å². The summed E-state index contributed by atoms with van der Waals surface area (Å²) in [5.74, 6) is 0.850. The first-order valence-corrected chi connectivity index (χ1v) is 8.51. The van der Waals surface area contributed by atoms with Crippen LogP contribution in [0.25, 0.3) is 0 Å². The van der Waals surface area contributed by atoms with Gasteiger partial charge in [-0.05, 0) is 18.6 Å². The Morgan fingerprint density at radius 1 is 1.38 bits per heavy atom. The number of hydrogen-bond donors (Lipinski definition) is 1. The predicted octanol–water partition coefficient (Wildman–Crippen LogP) is 2.79. The lowest BCUT2D eigenvalue weighted by Crippen LogP contribution is -2.40. The second-order valence-corrected chi connectivity index (χ2v) is 6.23. The van der Waals surface area contributed by atoms with Crippen LogP contribution in [0, 0.1) is 0 Å². The van der Waals surface area contributed by atoms with E-state index in [2.05, 4.69) is 10.4 Å². The van der Waals surface area contributed by atoms with Gasteiger partial charge in [0.05, 0.1) is 17.8 Å². The van der Waals surface area contributed by atoms with Crippen LogP contribution < -0.4 is 10.1 Å². The Morgan fingerprint density at radius 2 is 2.21 bits per heavy atom. The molecule has 2 amide bonds. The molecule has 0 saturated carbocycles. The Kier molecular flexibility index (Phi) is 5.59. The number of likely N-dealkylation sites (tertiary alicyclic amines) is 1. The van der Waals surface area contributed by atoms with Crippen LogP contribution in [0.3, 0.4) is 0 Å². The standard InChI is InChI=1S/C17H21ClN4O2/c18-14-11-20-22(12-14)9-4-8-19-17(23)21-10-7-16(13-21)24-15-5-2-1-3-6-15/h1-3,5-6,11-12,16H,4,7-10,13H2,(H,19,23)/t16-/m1/s1. The molecule has 1 saturated heterocycles. The fourth-order valence-corrected chi connectivity index (χ4v) is 2.87. The summed E-state index contributed by atoms with van der Waals surface area (Å²) in [5, 5.41) is 7.67. The average Bonchev–Trinajstić information content (AvgIpc) is 3.21. The molecule has 24 heavy (non-hydrogen) atoms. The highest BCUT2D eigenvalue weighted by atomic mass is 35.5. The molecule has 2 aromatic rings. The van der Waals surface area contributed by atoms with Gasteiger partial charge in [0.1, 0.15) is 11.9 Å². The highest BCUT2D eigenvalue weighted by Gasteiger charge is 2.27. The van der Waals surface area contributed by atoms with Crippen molar-refractivity contribution in [3.05, 3.63) is 47.7 Å². The molecule has 1 N–H and O–H groups in total. The van der Waals surface area contributed by atoms with Crippen LogP contribution >= 0.6 is 11.6 Å². The van der Waals surface area contributed by atoms with Gasteiger partial charge in [0, 0.05) is 32.3 Å². The van der Waals surface area contributed by atoms with Crippen LogP contribution in [0.2, 0.25) is 5.02 Å². The summed E-state index contributed by atoms with van der Waals surface area (Å²) in [6, 6.07) is 9.68. The van der Waals surface area contributed by atoms with Crippen molar-refractivity contribution in [1.82, 2.24) is 20.0 Å². The highest BCUT2D eigenvalue weighted by Crippen LogP contribution is 2.17. The number of hydrogen-bond acceptors (Lipinski definition) is 3. The van der Waals surface area contributed by atoms with Gasteiger partial charge >= 0.3 is 6.03 Å². The molecular formula is C17H21ClN4O2. The molecule has 6 nitrogen and oxygen atoms in total. The van der Waals surface area contributed by atoms with E-state index in [1.54, 1.807) is 22.0 Å². The molecule has 1 atom stereocenters. The summed E-state index contributed by atoms with van der Waals surface area (Å²) < 4.78 is 7.67. The van der Waals surface area contributed by atoms with Gasteiger partial charge in [0.25, 0.3) is 0 Å². The Hall–Kier alpha value is -2.21. The van der Waals surface area contributed by atoms with Gasteiger partial charge in [0.15, 0.2) is 0 Å². The summed E-state index contributed by atoms with van der Waals surface area (Å²) in [6.07, 6.45) is 5.10. The Balaban J connectivity index is 1.35. The van der Waals surface area contributed by atoms with E-state index < -0.39 is 0 Å². The van der Waals surface area contributed by atoms with Crippen molar-refractivity contribution in [1.29, 1.82) is 0 Å². The van der Waals surface area contributed by atoms with Gasteiger partial charge in [-0.2, -0.15) is 5.10 Å². The maximum atomic E-state index is 12.2. The molecule has 128 valence electrons. The quantitative estimate of drug-likeness (QED) is 0.817. The van der Waals surface area contributed by atoms with Crippen molar-refractivity contribution in [3.63, 3.8) is 0 Å². The molecule has 0 unspecified atom stereocenters. The number of ether oxygens (including phenoxy) is 1. The molecule has 3 rings (SSSR count). The van der Waals surface area contributed by atoms with Crippen molar-refractivity contribution >= 4 is 17.6 Å². The number of benzene rings is 1. The van der Waals surface area contributed by atoms with E-state index >= 15 is 0 Å². The first-order valence-electron chi connectivity index (χ1n) is 8.13. The number of amides is 2. The summed E-state index contributed by atoms with van der Waals surface area (Å²) in [5.41, 5.74) is 0. The normalized spacial score (nSPS) is 17.0. The van der Waals surface area contributed by atoms with Crippen LogP contribution in [0.15, 0.2) is 42.7 Å². The number of aryl methyl sites for hydroxylation is 1. The minimum absolute atomic E-state index is 0.0346. The lowest BCUT2D eigenvalue weighted by Gasteiger charge is -2.18. The SMILES string of the molecule is O=C(NCCCn1cc(Cl)cn1)N1CC[C@@H](Oc2ccccc2)C1. The molecule has 1 aliphatic rings. The molecule has 0 spiro atoms. The molecule has 1 fully saturated rings. The molecular weight excluding hydrogens is 328 g/mol. The van der Waals surface area contributed by atoms with Crippen molar-refractivity contribution < 1.29 is 9.53 Å². The number of rotatable bonds is 6. The molecule has 1 aromatic heterocycles. The van der Waals surface area contributed by atoms with E-state index in [0.29, 0.717) is 18.1 Å². The number of para-hydroxylation sites is 1. The zero-order valence-electron chi connectivity index (χ0n) is 13.4. The van der Waals surface area contributed by atoms with Gasteiger partial charge < -0.3 is 15.0 Å². The van der Waals surface area contributed by atoms with Crippen molar-refractivity contribution in [3.8, 4) is 5.75 Å². The topological polar surface area (TPSA) is 59.4 Å². The molecule has 1 aliphatic heterocycles.